The number of halogens is 3. The first-order chi connectivity index (χ1) is 5.54. The summed E-state index contributed by atoms with van der Waals surface area (Å²) in [4.78, 5) is 3.31. The summed E-state index contributed by atoms with van der Waals surface area (Å²) >= 11 is 0. The maximum atomic E-state index is 12.7. The van der Waals surface area contributed by atoms with E-state index in [4.69, 9.17) is 0 Å². The van der Waals surface area contributed by atoms with E-state index in [9.17, 15) is 13.2 Å². The molecule has 0 N–H and O–H groups in total. The zero-order chi connectivity index (χ0) is 9.30. The number of rotatable bonds is 1. The maximum absolute atomic E-state index is 12.7. The second kappa shape index (κ2) is 3.13. The smallest absolute Gasteiger partial charge is 0.252 e. The van der Waals surface area contributed by atoms with Crippen LogP contribution in [0.15, 0.2) is 6.20 Å². The average Bonchev–Trinajstić information content (AvgIpc) is 2.00. The van der Waals surface area contributed by atoms with E-state index in [1.807, 2.05) is 0 Å². The molecule has 1 aromatic heterocycles. The quantitative estimate of drug-likeness (QED) is 0.639. The summed E-state index contributed by atoms with van der Waals surface area (Å²) in [5.74, 6) is -0.545. The van der Waals surface area contributed by atoms with Gasteiger partial charge >= 0.3 is 0 Å². The zero-order valence-electron chi connectivity index (χ0n) is 6.74. The van der Waals surface area contributed by atoms with Crippen molar-refractivity contribution < 1.29 is 13.2 Å². The molecule has 0 saturated carbocycles. The third-order valence-electron chi connectivity index (χ3n) is 1.83. The number of nitrogens with zero attached hydrogens (tertiary/aromatic N) is 1. The Kier molecular flexibility index (Phi) is 2.35. The number of hydrogen-bond donors (Lipinski definition) is 0. The molecule has 0 aromatic carbocycles. The van der Waals surface area contributed by atoms with E-state index < -0.39 is 12.2 Å². The molecule has 1 nitrogen and oxygen atoms in total. The van der Waals surface area contributed by atoms with Crippen molar-refractivity contribution in [3.05, 3.63) is 28.8 Å². The number of hydrogen-bond acceptors (Lipinski definition) is 1. The van der Waals surface area contributed by atoms with E-state index in [0.717, 1.165) is 6.20 Å². The fraction of sp³-hybridized carbons (Fsp3) is 0.375. The van der Waals surface area contributed by atoms with Gasteiger partial charge in [-0.3, -0.25) is 4.98 Å². The lowest BCUT2D eigenvalue weighted by molar-refractivity contribution is 0.145. The van der Waals surface area contributed by atoms with E-state index >= 15 is 0 Å². The summed E-state index contributed by atoms with van der Waals surface area (Å²) in [6, 6.07) is 0. The van der Waals surface area contributed by atoms with Crippen molar-refractivity contribution in [2.75, 3.05) is 0 Å². The molecule has 0 saturated heterocycles. The Balaban J connectivity index is 3.27. The van der Waals surface area contributed by atoms with Gasteiger partial charge in [-0.05, 0) is 25.0 Å². The van der Waals surface area contributed by atoms with Gasteiger partial charge in [0.1, 0.15) is 11.5 Å². The van der Waals surface area contributed by atoms with E-state index in [1.54, 1.807) is 0 Å². The van der Waals surface area contributed by atoms with Gasteiger partial charge in [0.05, 0.1) is 6.20 Å². The van der Waals surface area contributed by atoms with Crippen molar-refractivity contribution in [3.8, 4) is 0 Å². The minimum atomic E-state index is -2.63. The Morgan fingerprint density at radius 2 is 1.83 bits per heavy atom. The SMILES string of the molecule is Cc1c(F)cnc(C(F)F)c1C. The average molecular weight is 175 g/mol. The molecule has 0 amide bonds. The fourth-order valence-corrected chi connectivity index (χ4v) is 0.911. The number of pyridine rings is 1. The highest BCUT2D eigenvalue weighted by molar-refractivity contribution is 5.29. The van der Waals surface area contributed by atoms with Crippen molar-refractivity contribution in [2.24, 2.45) is 0 Å². The zero-order valence-corrected chi connectivity index (χ0v) is 6.74. The molecule has 0 bridgehead atoms. The third kappa shape index (κ3) is 1.42. The second-order valence-corrected chi connectivity index (χ2v) is 2.54. The molecule has 66 valence electrons. The first-order valence-electron chi connectivity index (χ1n) is 3.43. The van der Waals surface area contributed by atoms with Crippen LogP contribution in [-0.4, -0.2) is 4.98 Å². The second-order valence-electron chi connectivity index (χ2n) is 2.54. The molecule has 0 fully saturated rings. The highest BCUT2D eigenvalue weighted by atomic mass is 19.3. The molecule has 4 heteroatoms. The Morgan fingerprint density at radius 1 is 1.25 bits per heavy atom. The summed E-state index contributed by atoms with van der Waals surface area (Å²) < 4.78 is 37.0. The molecule has 1 rings (SSSR count). The molecule has 0 aliphatic heterocycles. The topological polar surface area (TPSA) is 12.9 Å². The molecule has 0 aliphatic rings. The summed E-state index contributed by atoms with van der Waals surface area (Å²) in [5, 5.41) is 0. The van der Waals surface area contributed by atoms with E-state index in [-0.39, 0.29) is 16.8 Å². The first kappa shape index (κ1) is 9.03. The first-order valence-corrected chi connectivity index (χ1v) is 3.43. The molecule has 0 spiro atoms. The largest absolute Gasteiger partial charge is 0.280 e. The van der Waals surface area contributed by atoms with Crippen molar-refractivity contribution >= 4 is 0 Å². The van der Waals surface area contributed by atoms with Crippen LogP contribution in [0.1, 0.15) is 23.2 Å². The van der Waals surface area contributed by atoms with Gasteiger partial charge in [0, 0.05) is 0 Å². The molecule has 0 unspecified atom stereocenters. The standard InChI is InChI=1S/C8H8F3N/c1-4-5(2)7(8(10)11)12-3-6(4)9/h3,8H,1-2H3. The van der Waals surface area contributed by atoms with Gasteiger partial charge in [-0.2, -0.15) is 0 Å². The summed E-state index contributed by atoms with van der Waals surface area (Å²) in [7, 11) is 0. The Hall–Kier alpha value is -1.06. The molecule has 0 aliphatic carbocycles. The van der Waals surface area contributed by atoms with Crippen molar-refractivity contribution in [1.29, 1.82) is 0 Å². The van der Waals surface area contributed by atoms with Gasteiger partial charge in [-0.1, -0.05) is 0 Å². The minimum absolute atomic E-state index is 0.227. The lowest BCUT2D eigenvalue weighted by Crippen LogP contribution is -1.99. The van der Waals surface area contributed by atoms with E-state index in [2.05, 4.69) is 4.98 Å². The molecule has 0 atom stereocenters. The number of alkyl halides is 2. The van der Waals surface area contributed by atoms with Gasteiger partial charge < -0.3 is 0 Å². The van der Waals surface area contributed by atoms with Crippen LogP contribution < -0.4 is 0 Å². The normalized spacial score (nSPS) is 10.8. The lowest BCUT2D eigenvalue weighted by Gasteiger charge is -2.06. The van der Waals surface area contributed by atoms with E-state index in [0.29, 0.717) is 0 Å². The van der Waals surface area contributed by atoms with Crippen LogP contribution in [0.3, 0.4) is 0 Å². The van der Waals surface area contributed by atoms with Crippen molar-refractivity contribution in [3.63, 3.8) is 0 Å². The van der Waals surface area contributed by atoms with Gasteiger partial charge in [0.2, 0.25) is 0 Å². The molecule has 0 radical (unpaired) electrons. The van der Waals surface area contributed by atoms with Gasteiger partial charge in [-0.25, -0.2) is 13.2 Å². The Labute approximate surface area is 68.2 Å². The predicted octanol–water partition coefficient (Wildman–Crippen LogP) is 2.78. The monoisotopic (exact) mass is 175 g/mol. The van der Waals surface area contributed by atoms with Crippen LogP contribution in [0.2, 0.25) is 0 Å². The number of aromatic nitrogens is 1. The van der Waals surface area contributed by atoms with Crippen LogP contribution in [-0.2, 0) is 0 Å². The van der Waals surface area contributed by atoms with Crippen LogP contribution in [0, 0.1) is 19.7 Å². The molecular weight excluding hydrogens is 167 g/mol. The lowest BCUT2D eigenvalue weighted by atomic mass is 10.1. The third-order valence-corrected chi connectivity index (χ3v) is 1.83. The predicted molar refractivity (Wildman–Crippen MR) is 38.6 cm³/mol. The van der Waals surface area contributed by atoms with Crippen LogP contribution in [0.5, 0.6) is 0 Å². The summed E-state index contributed by atoms with van der Waals surface area (Å²) in [6.45, 7) is 2.89. The molecule has 1 aromatic rings. The highest BCUT2D eigenvalue weighted by Crippen LogP contribution is 2.23. The Bertz CT molecular complexity index is 297. The molecule has 1 heterocycles. The minimum Gasteiger partial charge on any atom is -0.252 e. The summed E-state index contributed by atoms with van der Waals surface area (Å²) in [5.41, 5.74) is 0.124. The fourth-order valence-electron chi connectivity index (χ4n) is 0.911. The van der Waals surface area contributed by atoms with Crippen LogP contribution in [0.4, 0.5) is 13.2 Å². The van der Waals surface area contributed by atoms with Gasteiger partial charge in [-0.15, -0.1) is 0 Å². The molecular formula is C8H8F3N. The highest BCUT2D eigenvalue weighted by Gasteiger charge is 2.15. The maximum Gasteiger partial charge on any atom is 0.280 e. The Morgan fingerprint density at radius 3 is 2.33 bits per heavy atom. The van der Waals surface area contributed by atoms with Crippen LogP contribution >= 0.6 is 0 Å². The van der Waals surface area contributed by atoms with Crippen molar-refractivity contribution in [2.45, 2.75) is 20.3 Å². The van der Waals surface area contributed by atoms with Crippen molar-refractivity contribution in [1.82, 2.24) is 4.98 Å². The molecule has 12 heavy (non-hydrogen) atoms. The van der Waals surface area contributed by atoms with Gasteiger partial charge in [0.25, 0.3) is 6.43 Å². The van der Waals surface area contributed by atoms with Crippen LogP contribution in [0.25, 0.3) is 0 Å². The summed E-state index contributed by atoms with van der Waals surface area (Å²) in [6.07, 6.45) is -1.81. The van der Waals surface area contributed by atoms with E-state index in [1.165, 1.54) is 13.8 Å². The van der Waals surface area contributed by atoms with Gasteiger partial charge in [0.15, 0.2) is 0 Å².